The van der Waals surface area contributed by atoms with Crippen LogP contribution in [0.1, 0.15) is 45.4 Å². The second-order valence-corrected chi connectivity index (χ2v) is 6.06. The lowest BCUT2D eigenvalue weighted by Crippen LogP contribution is -2.36. The number of aryl methyl sites for hydroxylation is 1. The van der Waals surface area contributed by atoms with Gasteiger partial charge < -0.3 is 5.73 Å². The number of tetrazole rings is 1. The Morgan fingerprint density at radius 3 is 2.59 bits per heavy atom. The number of aromatic nitrogens is 4. The average molecular weight is 237 g/mol. The van der Waals surface area contributed by atoms with Gasteiger partial charge in [-0.2, -0.15) is 4.80 Å². The zero-order chi connectivity index (χ0) is 12.5. The summed E-state index contributed by atoms with van der Waals surface area (Å²) in [5, 5.41) is 12.0. The van der Waals surface area contributed by atoms with Crippen LogP contribution in [-0.4, -0.2) is 26.2 Å². The topological polar surface area (TPSA) is 69.6 Å². The Balaban J connectivity index is 1.87. The summed E-state index contributed by atoms with van der Waals surface area (Å²) in [5.41, 5.74) is 6.76. The monoisotopic (exact) mass is 237 g/mol. The van der Waals surface area contributed by atoms with Gasteiger partial charge in [0.2, 0.25) is 0 Å². The number of nitrogens with two attached hydrogens (primary N) is 1. The number of hydrogen-bond acceptors (Lipinski definition) is 4. The Morgan fingerprint density at radius 1 is 1.41 bits per heavy atom. The molecule has 0 saturated heterocycles. The van der Waals surface area contributed by atoms with Crippen LogP contribution >= 0.6 is 0 Å². The van der Waals surface area contributed by atoms with Gasteiger partial charge in [0.1, 0.15) is 0 Å². The molecule has 2 rings (SSSR count). The van der Waals surface area contributed by atoms with Crippen LogP contribution in [0.3, 0.4) is 0 Å². The summed E-state index contributed by atoms with van der Waals surface area (Å²) in [7, 11) is 1.78. The van der Waals surface area contributed by atoms with Crippen molar-refractivity contribution in [3.05, 3.63) is 5.82 Å². The Kier molecular flexibility index (Phi) is 3.47. The van der Waals surface area contributed by atoms with Crippen molar-refractivity contribution < 1.29 is 0 Å². The van der Waals surface area contributed by atoms with E-state index in [1.807, 2.05) is 0 Å². The maximum Gasteiger partial charge on any atom is 0.176 e. The number of hydrogen-bond donors (Lipinski definition) is 1. The van der Waals surface area contributed by atoms with Crippen molar-refractivity contribution in [1.82, 2.24) is 20.2 Å². The van der Waals surface area contributed by atoms with E-state index in [0.29, 0.717) is 11.3 Å². The van der Waals surface area contributed by atoms with Crippen LogP contribution in [0.2, 0.25) is 0 Å². The Hall–Kier alpha value is -0.970. The van der Waals surface area contributed by atoms with E-state index in [1.54, 1.807) is 7.05 Å². The summed E-state index contributed by atoms with van der Waals surface area (Å²) >= 11 is 0. The molecule has 5 nitrogen and oxygen atoms in total. The first-order valence-electron chi connectivity index (χ1n) is 6.45. The lowest BCUT2D eigenvalue weighted by atomic mass is 9.71. The highest BCUT2D eigenvalue weighted by Crippen LogP contribution is 2.39. The molecule has 0 radical (unpaired) electrons. The molecule has 0 amide bonds. The predicted molar refractivity (Wildman–Crippen MR) is 66.2 cm³/mol. The highest BCUT2D eigenvalue weighted by Gasteiger charge is 2.30. The molecule has 1 fully saturated rings. The molecule has 0 bridgehead atoms. The van der Waals surface area contributed by atoms with Crippen molar-refractivity contribution in [3.8, 4) is 0 Å². The highest BCUT2D eigenvalue weighted by molar-refractivity contribution is 4.89. The highest BCUT2D eigenvalue weighted by atomic mass is 15.6. The van der Waals surface area contributed by atoms with Gasteiger partial charge in [0.05, 0.1) is 7.05 Å². The third kappa shape index (κ3) is 3.25. The molecule has 5 heteroatoms. The van der Waals surface area contributed by atoms with E-state index in [0.717, 1.165) is 12.2 Å². The van der Waals surface area contributed by atoms with Crippen LogP contribution in [0.15, 0.2) is 0 Å². The first-order chi connectivity index (χ1) is 7.96. The normalized spacial score (nSPS) is 22.6. The maximum absolute atomic E-state index is 6.26. The summed E-state index contributed by atoms with van der Waals surface area (Å²) in [4.78, 5) is 1.49. The zero-order valence-electron chi connectivity index (χ0n) is 11.1. The fourth-order valence-electron chi connectivity index (χ4n) is 2.63. The molecule has 1 aromatic heterocycles. The van der Waals surface area contributed by atoms with E-state index >= 15 is 0 Å². The molecule has 1 saturated carbocycles. The summed E-state index contributed by atoms with van der Waals surface area (Å²) < 4.78 is 0. The molecule has 1 aliphatic carbocycles. The van der Waals surface area contributed by atoms with Gasteiger partial charge in [-0.05, 0) is 42.2 Å². The molecule has 0 aliphatic heterocycles. The molecular formula is C12H23N5. The van der Waals surface area contributed by atoms with E-state index in [4.69, 9.17) is 5.73 Å². The SMILES string of the molecule is Cn1nnc(CC(N)C2CCC(C)(C)CC2)n1. The van der Waals surface area contributed by atoms with Crippen LogP contribution in [0.4, 0.5) is 0 Å². The molecule has 96 valence electrons. The van der Waals surface area contributed by atoms with Gasteiger partial charge in [-0.15, -0.1) is 10.2 Å². The van der Waals surface area contributed by atoms with Crippen molar-refractivity contribution in [2.45, 2.75) is 52.0 Å². The molecular weight excluding hydrogens is 214 g/mol. The van der Waals surface area contributed by atoms with Gasteiger partial charge in [-0.25, -0.2) is 0 Å². The van der Waals surface area contributed by atoms with Crippen molar-refractivity contribution in [2.24, 2.45) is 24.1 Å². The Labute approximate surface area is 103 Å². The van der Waals surface area contributed by atoms with Crippen LogP contribution in [0.5, 0.6) is 0 Å². The minimum Gasteiger partial charge on any atom is -0.327 e. The van der Waals surface area contributed by atoms with Crippen molar-refractivity contribution >= 4 is 0 Å². The third-order valence-corrected chi connectivity index (χ3v) is 3.96. The Morgan fingerprint density at radius 2 is 2.06 bits per heavy atom. The molecule has 0 aromatic carbocycles. The predicted octanol–water partition coefficient (Wildman–Crippen LogP) is 1.30. The summed E-state index contributed by atoms with van der Waals surface area (Å²) in [5.74, 6) is 1.39. The van der Waals surface area contributed by atoms with Crippen molar-refractivity contribution in [1.29, 1.82) is 0 Å². The maximum atomic E-state index is 6.26. The lowest BCUT2D eigenvalue weighted by molar-refractivity contribution is 0.172. The van der Waals surface area contributed by atoms with E-state index in [2.05, 4.69) is 29.3 Å². The minimum absolute atomic E-state index is 0.176. The first-order valence-corrected chi connectivity index (χ1v) is 6.45. The smallest absolute Gasteiger partial charge is 0.176 e. The first kappa shape index (κ1) is 12.5. The largest absolute Gasteiger partial charge is 0.327 e. The summed E-state index contributed by atoms with van der Waals surface area (Å²) in [6.45, 7) is 4.69. The van der Waals surface area contributed by atoms with Gasteiger partial charge in [0, 0.05) is 12.5 Å². The number of rotatable bonds is 3. The summed E-state index contributed by atoms with van der Waals surface area (Å²) in [6.07, 6.45) is 5.76. The summed E-state index contributed by atoms with van der Waals surface area (Å²) in [6, 6.07) is 0.176. The van der Waals surface area contributed by atoms with Gasteiger partial charge in [0.15, 0.2) is 5.82 Å². The quantitative estimate of drug-likeness (QED) is 0.860. The molecule has 1 aromatic rings. The molecule has 1 heterocycles. The van der Waals surface area contributed by atoms with Crippen molar-refractivity contribution in [2.75, 3.05) is 0 Å². The molecule has 2 N–H and O–H groups in total. The van der Waals surface area contributed by atoms with Crippen molar-refractivity contribution in [3.63, 3.8) is 0 Å². The van der Waals surface area contributed by atoms with E-state index in [9.17, 15) is 0 Å². The number of nitrogens with zero attached hydrogens (tertiary/aromatic N) is 4. The molecule has 17 heavy (non-hydrogen) atoms. The van der Waals surface area contributed by atoms with Gasteiger partial charge in [-0.3, -0.25) is 0 Å². The van der Waals surface area contributed by atoms with E-state index in [-0.39, 0.29) is 6.04 Å². The molecule has 1 unspecified atom stereocenters. The van der Waals surface area contributed by atoms with Gasteiger partial charge in [-0.1, -0.05) is 13.8 Å². The Bertz CT molecular complexity index is 361. The fraction of sp³-hybridized carbons (Fsp3) is 0.917. The molecule has 1 aliphatic rings. The molecule has 0 spiro atoms. The second-order valence-electron chi connectivity index (χ2n) is 6.06. The minimum atomic E-state index is 0.176. The fourth-order valence-corrected chi connectivity index (χ4v) is 2.63. The second kappa shape index (κ2) is 4.72. The van der Waals surface area contributed by atoms with Crippen LogP contribution in [0, 0.1) is 11.3 Å². The van der Waals surface area contributed by atoms with E-state index in [1.165, 1.54) is 30.5 Å². The van der Waals surface area contributed by atoms with Crippen LogP contribution in [-0.2, 0) is 13.5 Å². The van der Waals surface area contributed by atoms with Crippen LogP contribution < -0.4 is 5.73 Å². The average Bonchev–Trinajstić information content (AvgIpc) is 2.63. The van der Waals surface area contributed by atoms with Gasteiger partial charge >= 0.3 is 0 Å². The van der Waals surface area contributed by atoms with E-state index < -0.39 is 0 Å². The molecule has 1 atom stereocenters. The lowest BCUT2D eigenvalue weighted by Gasteiger charge is -2.36. The van der Waals surface area contributed by atoms with Crippen LogP contribution in [0.25, 0.3) is 0 Å². The van der Waals surface area contributed by atoms with Gasteiger partial charge in [0.25, 0.3) is 0 Å². The standard InChI is InChI=1S/C12H23N5/c1-12(2)6-4-9(5-7-12)10(13)8-11-14-16-17(3)15-11/h9-10H,4-8,13H2,1-3H3. The zero-order valence-corrected chi connectivity index (χ0v) is 11.1. The third-order valence-electron chi connectivity index (χ3n) is 3.96.